The maximum absolute atomic E-state index is 13.8. The Morgan fingerprint density at radius 1 is 1.13 bits per heavy atom. The number of hydrogen-bond donors (Lipinski definition) is 4. The first-order chi connectivity index (χ1) is 18.4. The number of rotatable bonds is 12. The molecule has 0 aliphatic rings. The Balaban J connectivity index is 2.52. The van der Waals surface area contributed by atoms with E-state index in [9.17, 15) is 24.3 Å². The van der Waals surface area contributed by atoms with Crippen molar-refractivity contribution in [3.63, 3.8) is 0 Å². The molecule has 2 unspecified atom stereocenters. The number of nitrogens with zero attached hydrogens (tertiary/aromatic N) is 1. The number of alkyl carbamates (subject to hydrolysis) is 1. The fraction of sp³-hybridized carbons (Fsp3) is 0.357. The standard InChI is InChI=1S/C28H36N4O7/c1-6-18-8-7-9-19(16-18)24(25(35)30-20-10-12-21(38-5)13-11-20)32(14-15-33)26(36)22(17-23(29)34)31-27(37)39-28(2,3)4/h6-13,16,22,24,33H,1,14-15,17H2,2-5H3,(H2,29,34)(H,30,35)(H,31,37). The number of ether oxygens (including phenoxy) is 2. The van der Waals surface area contributed by atoms with Crippen molar-refractivity contribution in [2.75, 3.05) is 25.6 Å². The van der Waals surface area contributed by atoms with Gasteiger partial charge in [0.2, 0.25) is 11.8 Å². The summed E-state index contributed by atoms with van der Waals surface area (Å²) < 4.78 is 10.4. The van der Waals surface area contributed by atoms with Crippen LogP contribution in [0.3, 0.4) is 0 Å². The molecule has 0 radical (unpaired) electrons. The molecule has 0 saturated heterocycles. The predicted molar refractivity (Wildman–Crippen MR) is 147 cm³/mol. The maximum Gasteiger partial charge on any atom is 0.408 e. The summed E-state index contributed by atoms with van der Waals surface area (Å²) >= 11 is 0. The lowest BCUT2D eigenvalue weighted by Crippen LogP contribution is -2.54. The van der Waals surface area contributed by atoms with Crippen LogP contribution in [0, 0.1) is 0 Å². The summed E-state index contributed by atoms with van der Waals surface area (Å²) in [4.78, 5) is 52.9. The molecule has 11 heteroatoms. The topological polar surface area (TPSA) is 160 Å². The lowest BCUT2D eigenvalue weighted by molar-refractivity contribution is -0.142. The number of carbonyl (C=O) groups excluding carboxylic acids is 4. The maximum atomic E-state index is 13.8. The number of aliphatic hydroxyl groups is 1. The van der Waals surface area contributed by atoms with Gasteiger partial charge >= 0.3 is 6.09 Å². The van der Waals surface area contributed by atoms with Gasteiger partial charge in [0.15, 0.2) is 0 Å². The highest BCUT2D eigenvalue weighted by atomic mass is 16.6. The van der Waals surface area contributed by atoms with Crippen molar-refractivity contribution in [2.45, 2.75) is 44.9 Å². The zero-order chi connectivity index (χ0) is 29.2. The Morgan fingerprint density at radius 3 is 2.33 bits per heavy atom. The molecule has 2 aromatic rings. The largest absolute Gasteiger partial charge is 0.497 e. The molecule has 2 rings (SSSR count). The summed E-state index contributed by atoms with van der Waals surface area (Å²) in [6.07, 6.45) is 0.0820. The van der Waals surface area contributed by atoms with Gasteiger partial charge in [-0.1, -0.05) is 30.9 Å². The van der Waals surface area contributed by atoms with Crippen LogP contribution in [0.5, 0.6) is 5.75 Å². The number of aliphatic hydroxyl groups excluding tert-OH is 1. The molecule has 2 atom stereocenters. The third-order valence-electron chi connectivity index (χ3n) is 5.40. The first-order valence-corrected chi connectivity index (χ1v) is 12.2. The number of nitrogens with two attached hydrogens (primary N) is 1. The van der Waals surface area contributed by atoms with Crippen LogP contribution in [0.25, 0.3) is 6.08 Å². The van der Waals surface area contributed by atoms with E-state index < -0.39 is 54.5 Å². The molecule has 0 aliphatic heterocycles. The van der Waals surface area contributed by atoms with Crippen molar-refractivity contribution in [1.82, 2.24) is 10.2 Å². The molecular weight excluding hydrogens is 504 g/mol. The summed E-state index contributed by atoms with van der Waals surface area (Å²) in [6.45, 7) is 7.88. The van der Waals surface area contributed by atoms with Gasteiger partial charge in [0.05, 0.1) is 20.1 Å². The molecule has 2 aromatic carbocycles. The molecule has 0 bridgehead atoms. The number of hydrogen-bond acceptors (Lipinski definition) is 7. The Labute approximate surface area is 228 Å². The van der Waals surface area contributed by atoms with Crippen LogP contribution >= 0.6 is 0 Å². The Bertz CT molecular complexity index is 1180. The van der Waals surface area contributed by atoms with Gasteiger partial charge in [-0.05, 0) is 62.2 Å². The molecule has 0 spiro atoms. The van der Waals surface area contributed by atoms with Gasteiger partial charge in [0.1, 0.15) is 23.4 Å². The van der Waals surface area contributed by atoms with Crippen molar-refractivity contribution in [3.05, 3.63) is 66.2 Å². The number of primary amides is 1. The lowest BCUT2D eigenvalue weighted by atomic mass is 9.99. The van der Waals surface area contributed by atoms with Gasteiger partial charge in [0.25, 0.3) is 5.91 Å². The minimum Gasteiger partial charge on any atom is -0.497 e. The summed E-state index contributed by atoms with van der Waals surface area (Å²) in [5.41, 5.74) is 6.03. The lowest BCUT2D eigenvalue weighted by Gasteiger charge is -2.34. The number of anilines is 1. The second-order valence-electron chi connectivity index (χ2n) is 9.62. The van der Waals surface area contributed by atoms with Crippen LogP contribution in [0.1, 0.15) is 44.4 Å². The summed E-state index contributed by atoms with van der Waals surface area (Å²) in [7, 11) is 1.52. The molecule has 0 saturated carbocycles. The molecule has 0 fully saturated rings. The van der Waals surface area contributed by atoms with Gasteiger partial charge in [-0.2, -0.15) is 0 Å². The van der Waals surface area contributed by atoms with Crippen LogP contribution in [0.4, 0.5) is 10.5 Å². The second kappa shape index (κ2) is 14.0. The third-order valence-corrected chi connectivity index (χ3v) is 5.40. The fourth-order valence-corrected chi connectivity index (χ4v) is 3.74. The average Bonchev–Trinajstić information content (AvgIpc) is 2.86. The van der Waals surface area contributed by atoms with Crippen LogP contribution in [-0.4, -0.2) is 65.7 Å². The van der Waals surface area contributed by atoms with E-state index in [0.29, 0.717) is 22.6 Å². The Hall–Kier alpha value is -4.38. The molecule has 0 aromatic heterocycles. The highest BCUT2D eigenvalue weighted by molar-refractivity contribution is 5.99. The minimum absolute atomic E-state index is 0.289. The smallest absolute Gasteiger partial charge is 0.408 e. The molecule has 0 aliphatic carbocycles. The summed E-state index contributed by atoms with van der Waals surface area (Å²) in [5, 5.41) is 15.0. The number of nitrogens with one attached hydrogen (secondary N) is 2. The second-order valence-corrected chi connectivity index (χ2v) is 9.62. The van der Waals surface area contributed by atoms with E-state index in [4.69, 9.17) is 15.2 Å². The van der Waals surface area contributed by atoms with Gasteiger partial charge in [-0.3, -0.25) is 14.4 Å². The van der Waals surface area contributed by atoms with Gasteiger partial charge in [0, 0.05) is 12.2 Å². The van der Waals surface area contributed by atoms with Crippen molar-refractivity contribution >= 4 is 35.6 Å². The Morgan fingerprint density at radius 2 is 1.79 bits per heavy atom. The van der Waals surface area contributed by atoms with Gasteiger partial charge < -0.3 is 35.8 Å². The van der Waals surface area contributed by atoms with E-state index in [2.05, 4.69) is 17.2 Å². The van der Waals surface area contributed by atoms with Gasteiger partial charge in [-0.25, -0.2) is 4.79 Å². The molecular formula is C28H36N4O7. The van der Waals surface area contributed by atoms with Crippen LogP contribution in [0.15, 0.2) is 55.1 Å². The van der Waals surface area contributed by atoms with E-state index in [1.807, 2.05) is 0 Å². The zero-order valence-corrected chi connectivity index (χ0v) is 22.6. The highest BCUT2D eigenvalue weighted by Crippen LogP contribution is 2.26. The van der Waals surface area contributed by atoms with Crippen molar-refractivity contribution in [1.29, 1.82) is 0 Å². The van der Waals surface area contributed by atoms with E-state index in [1.165, 1.54) is 7.11 Å². The SMILES string of the molecule is C=Cc1cccc(C(C(=O)Nc2ccc(OC)cc2)N(CCO)C(=O)C(CC(N)=O)NC(=O)OC(C)(C)C)c1. The van der Waals surface area contributed by atoms with Crippen LogP contribution in [-0.2, 0) is 19.1 Å². The number of methoxy groups -OCH3 is 1. The number of carbonyl (C=O) groups is 4. The minimum atomic E-state index is -1.46. The molecule has 11 nitrogen and oxygen atoms in total. The number of benzene rings is 2. The summed E-state index contributed by atoms with van der Waals surface area (Å²) in [5.74, 6) is -1.69. The van der Waals surface area contributed by atoms with Crippen LogP contribution in [0.2, 0.25) is 0 Å². The monoisotopic (exact) mass is 540 g/mol. The predicted octanol–water partition coefficient (Wildman–Crippen LogP) is 2.61. The normalized spacial score (nSPS) is 12.4. The van der Waals surface area contributed by atoms with Crippen molar-refractivity contribution in [2.24, 2.45) is 5.73 Å². The fourth-order valence-electron chi connectivity index (χ4n) is 3.74. The molecule has 4 amide bonds. The van der Waals surface area contributed by atoms with Crippen LogP contribution < -0.4 is 21.1 Å². The average molecular weight is 541 g/mol. The Kier molecular flexibility index (Phi) is 11.0. The molecule has 210 valence electrons. The number of amides is 4. The quantitative estimate of drug-likeness (QED) is 0.322. The van der Waals surface area contributed by atoms with Crippen molar-refractivity contribution < 1.29 is 33.8 Å². The van der Waals surface area contributed by atoms with E-state index in [1.54, 1.807) is 75.4 Å². The first kappa shape index (κ1) is 30.8. The summed E-state index contributed by atoms with van der Waals surface area (Å²) in [6, 6.07) is 10.7. The molecule has 39 heavy (non-hydrogen) atoms. The van der Waals surface area contributed by atoms with E-state index in [-0.39, 0.29) is 6.54 Å². The first-order valence-electron chi connectivity index (χ1n) is 12.2. The van der Waals surface area contributed by atoms with E-state index in [0.717, 1.165) is 4.90 Å². The van der Waals surface area contributed by atoms with E-state index >= 15 is 0 Å². The van der Waals surface area contributed by atoms with Gasteiger partial charge in [-0.15, -0.1) is 0 Å². The molecule has 5 N–H and O–H groups in total. The van der Waals surface area contributed by atoms with Crippen molar-refractivity contribution in [3.8, 4) is 5.75 Å². The molecule has 0 heterocycles. The zero-order valence-electron chi connectivity index (χ0n) is 22.6. The third kappa shape index (κ3) is 9.46. The highest BCUT2D eigenvalue weighted by Gasteiger charge is 2.37.